The average molecular weight is 389 g/mol. The van der Waals surface area contributed by atoms with Crippen LogP contribution < -0.4 is 5.32 Å². The average Bonchev–Trinajstić information content (AvgIpc) is 3.16. The second-order valence-corrected chi connectivity index (χ2v) is 6.35. The summed E-state index contributed by atoms with van der Waals surface area (Å²) in [5.41, 5.74) is -0.804. The van der Waals surface area contributed by atoms with Crippen molar-refractivity contribution < 1.29 is 22.0 Å². The highest BCUT2D eigenvalue weighted by Crippen LogP contribution is 2.34. The largest absolute Gasteiger partial charge is 0.435 e. The molecular weight excluding hydrogens is 377 g/mol. The molecule has 0 aliphatic rings. The zero-order valence-electron chi connectivity index (χ0n) is 13.3. The van der Waals surface area contributed by atoms with Crippen molar-refractivity contribution in [3.8, 4) is 10.6 Å². The van der Waals surface area contributed by atoms with Crippen molar-refractivity contribution in [1.82, 2.24) is 19.7 Å². The smallest absolute Gasteiger partial charge is 0.361 e. The van der Waals surface area contributed by atoms with Crippen LogP contribution in [0.1, 0.15) is 11.3 Å². The van der Waals surface area contributed by atoms with E-state index in [0.29, 0.717) is 10.0 Å². The van der Waals surface area contributed by atoms with Gasteiger partial charge in [0.1, 0.15) is 11.6 Å². The van der Waals surface area contributed by atoms with Crippen LogP contribution in [0.3, 0.4) is 0 Å². The molecule has 0 atom stereocenters. The van der Waals surface area contributed by atoms with Crippen LogP contribution >= 0.6 is 11.3 Å². The van der Waals surface area contributed by atoms with E-state index in [0.717, 1.165) is 34.5 Å². The fourth-order valence-corrected chi connectivity index (χ4v) is 3.17. The summed E-state index contributed by atoms with van der Waals surface area (Å²) in [5, 5.41) is 6.77. The SMILES string of the molecule is Cn1nc(C(F)(F)F)cc1-c1cnc(NCCc2c(F)cncc2F)s1. The second-order valence-electron chi connectivity index (χ2n) is 5.32. The van der Waals surface area contributed by atoms with Crippen molar-refractivity contribution in [1.29, 1.82) is 0 Å². The van der Waals surface area contributed by atoms with Crippen LogP contribution in [0.2, 0.25) is 0 Å². The molecule has 0 aromatic carbocycles. The summed E-state index contributed by atoms with van der Waals surface area (Å²) in [5.74, 6) is -1.47. The van der Waals surface area contributed by atoms with E-state index >= 15 is 0 Å². The molecule has 0 saturated carbocycles. The Morgan fingerprint density at radius 3 is 2.46 bits per heavy atom. The van der Waals surface area contributed by atoms with Crippen LogP contribution in [0.4, 0.5) is 27.1 Å². The van der Waals surface area contributed by atoms with Gasteiger partial charge >= 0.3 is 6.18 Å². The lowest BCUT2D eigenvalue weighted by Crippen LogP contribution is -2.08. The summed E-state index contributed by atoms with van der Waals surface area (Å²) >= 11 is 1.12. The van der Waals surface area contributed by atoms with Crippen LogP contribution in [0, 0.1) is 11.6 Å². The van der Waals surface area contributed by atoms with Crippen molar-refractivity contribution in [2.45, 2.75) is 12.6 Å². The molecule has 3 aromatic heterocycles. The molecule has 3 heterocycles. The zero-order chi connectivity index (χ0) is 18.9. The number of nitrogens with one attached hydrogen (secondary N) is 1. The van der Waals surface area contributed by atoms with Gasteiger partial charge in [-0.3, -0.25) is 9.67 Å². The number of anilines is 1. The molecule has 0 aliphatic carbocycles. The van der Waals surface area contributed by atoms with Gasteiger partial charge in [-0.2, -0.15) is 18.3 Å². The number of nitrogens with zero attached hydrogens (tertiary/aromatic N) is 4. The van der Waals surface area contributed by atoms with E-state index < -0.39 is 23.5 Å². The number of thiazole rings is 1. The van der Waals surface area contributed by atoms with Gasteiger partial charge in [0, 0.05) is 25.4 Å². The molecule has 0 bridgehead atoms. The first-order chi connectivity index (χ1) is 12.3. The number of pyridine rings is 1. The van der Waals surface area contributed by atoms with Gasteiger partial charge in [-0.1, -0.05) is 11.3 Å². The Kier molecular flexibility index (Phi) is 4.90. The van der Waals surface area contributed by atoms with Crippen molar-refractivity contribution in [3.63, 3.8) is 0 Å². The molecule has 0 saturated heterocycles. The molecule has 0 spiro atoms. The Hall–Kier alpha value is -2.56. The molecule has 26 heavy (non-hydrogen) atoms. The predicted octanol–water partition coefficient (Wildman–Crippen LogP) is 3.89. The third kappa shape index (κ3) is 3.82. The monoisotopic (exact) mass is 389 g/mol. The van der Waals surface area contributed by atoms with Gasteiger partial charge in [-0.05, 0) is 12.5 Å². The number of hydrogen-bond donors (Lipinski definition) is 1. The Bertz CT molecular complexity index is 897. The molecule has 0 unspecified atom stereocenters. The van der Waals surface area contributed by atoms with Crippen LogP contribution in [-0.4, -0.2) is 26.3 Å². The van der Waals surface area contributed by atoms with E-state index in [2.05, 4.69) is 20.4 Å². The van der Waals surface area contributed by atoms with Crippen LogP contribution in [0.15, 0.2) is 24.7 Å². The first-order valence-corrected chi connectivity index (χ1v) is 8.16. The van der Waals surface area contributed by atoms with Gasteiger partial charge < -0.3 is 5.32 Å². The van der Waals surface area contributed by atoms with Gasteiger partial charge in [0.15, 0.2) is 10.8 Å². The van der Waals surface area contributed by atoms with Crippen molar-refractivity contribution in [2.75, 3.05) is 11.9 Å². The first kappa shape index (κ1) is 18.2. The lowest BCUT2D eigenvalue weighted by Gasteiger charge is -2.05. The zero-order valence-corrected chi connectivity index (χ0v) is 14.1. The van der Waals surface area contributed by atoms with Gasteiger partial charge in [0.25, 0.3) is 0 Å². The van der Waals surface area contributed by atoms with Crippen molar-refractivity contribution >= 4 is 16.5 Å². The van der Waals surface area contributed by atoms with E-state index in [1.54, 1.807) is 0 Å². The number of aryl methyl sites for hydroxylation is 1. The van der Waals surface area contributed by atoms with E-state index in [1.165, 1.54) is 13.2 Å². The van der Waals surface area contributed by atoms with Gasteiger partial charge in [0.2, 0.25) is 0 Å². The van der Waals surface area contributed by atoms with Gasteiger partial charge in [-0.15, -0.1) is 0 Å². The minimum Gasteiger partial charge on any atom is -0.361 e. The third-order valence-electron chi connectivity index (χ3n) is 3.53. The Balaban J connectivity index is 1.68. The normalized spacial score (nSPS) is 11.8. The highest BCUT2D eigenvalue weighted by atomic mass is 32.1. The lowest BCUT2D eigenvalue weighted by atomic mass is 10.2. The van der Waals surface area contributed by atoms with E-state index in [9.17, 15) is 22.0 Å². The quantitative estimate of drug-likeness (QED) is 0.673. The van der Waals surface area contributed by atoms with Crippen LogP contribution in [-0.2, 0) is 19.6 Å². The van der Waals surface area contributed by atoms with Crippen molar-refractivity contribution in [2.24, 2.45) is 7.05 Å². The summed E-state index contributed by atoms with van der Waals surface area (Å²) < 4.78 is 66.3. The molecule has 0 fully saturated rings. The second kappa shape index (κ2) is 6.98. The third-order valence-corrected chi connectivity index (χ3v) is 4.51. The molecule has 1 N–H and O–H groups in total. The molecule has 3 aromatic rings. The highest BCUT2D eigenvalue weighted by Gasteiger charge is 2.34. The summed E-state index contributed by atoms with van der Waals surface area (Å²) in [6.07, 6.45) is -1.18. The Morgan fingerprint density at radius 2 is 1.85 bits per heavy atom. The summed E-state index contributed by atoms with van der Waals surface area (Å²) in [6, 6.07) is 0.943. The molecule has 0 radical (unpaired) electrons. The molecule has 138 valence electrons. The molecule has 11 heteroatoms. The molecule has 5 nitrogen and oxygen atoms in total. The maximum atomic E-state index is 13.5. The summed E-state index contributed by atoms with van der Waals surface area (Å²) in [4.78, 5) is 7.96. The summed E-state index contributed by atoms with van der Waals surface area (Å²) in [7, 11) is 1.41. The minimum atomic E-state index is -4.53. The highest BCUT2D eigenvalue weighted by molar-refractivity contribution is 7.18. The molecule has 0 aliphatic heterocycles. The number of halogens is 5. The Labute approximate surface area is 148 Å². The first-order valence-electron chi connectivity index (χ1n) is 7.35. The minimum absolute atomic E-state index is 0.0685. The van der Waals surface area contributed by atoms with E-state index in [-0.39, 0.29) is 24.2 Å². The summed E-state index contributed by atoms with van der Waals surface area (Å²) in [6.45, 7) is 0.198. The number of aromatic nitrogens is 4. The predicted molar refractivity (Wildman–Crippen MR) is 85.7 cm³/mol. The lowest BCUT2D eigenvalue weighted by molar-refractivity contribution is -0.141. The number of hydrogen-bond acceptors (Lipinski definition) is 5. The fraction of sp³-hybridized carbons (Fsp3) is 0.267. The standard InChI is InChI=1S/C15H12F5N5S/c1-25-11(4-13(24-25)15(18,19)20)12-7-23-14(26-12)22-3-2-8-9(16)5-21-6-10(8)17/h4-7H,2-3H2,1H3,(H,22,23). The number of alkyl halides is 3. The maximum Gasteiger partial charge on any atom is 0.435 e. The van der Waals surface area contributed by atoms with E-state index in [1.807, 2.05) is 0 Å². The van der Waals surface area contributed by atoms with Crippen LogP contribution in [0.5, 0.6) is 0 Å². The van der Waals surface area contributed by atoms with Gasteiger partial charge in [-0.25, -0.2) is 13.8 Å². The molecule has 3 rings (SSSR count). The van der Waals surface area contributed by atoms with Crippen molar-refractivity contribution in [3.05, 3.63) is 47.5 Å². The topological polar surface area (TPSA) is 55.6 Å². The molecular formula is C15H12F5N5S. The Morgan fingerprint density at radius 1 is 1.15 bits per heavy atom. The van der Waals surface area contributed by atoms with E-state index in [4.69, 9.17) is 0 Å². The molecule has 0 amide bonds. The van der Waals surface area contributed by atoms with Crippen LogP contribution in [0.25, 0.3) is 10.6 Å². The van der Waals surface area contributed by atoms with Gasteiger partial charge in [0.05, 0.1) is 23.0 Å². The number of rotatable bonds is 5. The fourth-order valence-electron chi connectivity index (χ4n) is 2.28. The maximum absolute atomic E-state index is 13.5.